The van der Waals surface area contributed by atoms with Crippen LogP contribution in [-0.4, -0.2) is 17.7 Å². The molecule has 3 heteroatoms. The minimum absolute atomic E-state index is 0.271. The number of aromatic hydroxyl groups is 1. The highest BCUT2D eigenvalue weighted by Crippen LogP contribution is 2.21. The third-order valence-corrected chi connectivity index (χ3v) is 6.35. The Morgan fingerprint density at radius 1 is 0.688 bits per heavy atom. The van der Waals surface area contributed by atoms with Crippen LogP contribution in [0, 0.1) is 0 Å². The normalized spacial score (nSPS) is 11.1. The number of benzene rings is 1. The lowest BCUT2D eigenvalue weighted by molar-refractivity contribution is 0.0497. The van der Waals surface area contributed by atoms with E-state index in [1.807, 2.05) is 0 Å². The molecule has 0 spiro atoms. The van der Waals surface area contributed by atoms with Crippen LogP contribution in [-0.2, 0) is 11.2 Å². The number of esters is 1. The van der Waals surface area contributed by atoms with Gasteiger partial charge in [0.2, 0.25) is 0 Å². The fourth-order valence-electron chi connectivity index (χ4n) is 4.18. The van der Waals surface area contributed by atoms with Crippen molar-refractivity contribution >= 4 is 5.97 Å². The van der Waals surface area contributed by atoms with E-state index in [1.54, 1.807) is 18.2 Å². The van der Waals surface area contributed by atoms with Crippen LogP contribution >= 0.6 is 0 Å². The summed E-state index contributed by atoms with van der Waals surface area (Å²) >= 11 is 0. The molecule has 0 fully saturated rings. The number of carbonyl (C=O) groups is 1. The average Bonchev–Trinajstić information content (AvgIpc) is 2.80. The van der Waals surface area contributed by atoms with E-state index >= 15 is 0 Å². The molecule has 0 heterocycles. The zero-order chi connectivity index (χ0) is 23.3. The highest BCUT2D eigenvalue weighted by atomic mass is 16.5. The SMILES string of the molecule is CCCCCCCCCCCCCCCCCCOC(=O)c1ccc(O)c(CCCC)c1. The first-order chi connectivity index (χ1) is 15.7. The van der Waals surface area contributed by atoms with Gasteiger partial charge in [0, 0.05) is 0 Å². The van der Waals surface area contributed by atoms with Gasteiger partial charge >= 0.3 is 5.97 Å². The molecule has 1 aromatic carbocycles. The van der Waals surface area contributed by atoms with Gasteiger partial charge in [-0.1, -0.05) is 117 Å². The molecule has 0 amide bonds. The van der Waals surface area contributed by atoms with Crippen molar-refractivity contribution in [3.05, 3.63) is 29.3 Å². The van der Waals surface area contributed by atoms with Crippen molar-refractivity contribution < 1.29 is 14.6 Å². The zero-order valence-electron chi connectivity index (χ0n) is 21.1. The van der Waals surface area contributed by atoms with Crippen molar-refractivity contribution in [3.63, 3.8) is 0 Å². The van der Waals surface area contributed by atoms with Gasteiger partial charge in [0.1, 0.15) is 5.75 Å². The molecule has 0 aromatic heterocycles. The molecule has 184 valence electrons. The average molecular weight is 447 g/mol. The molecule has 3 nitrogen and oxygen atoms in total. The van der Waals surface area contributed by atoms with Crippen molar-refractivity contribution in [3.8, 4) is 5.75 Å². The van der Waals surface area contributed by atoms with Crippen LogP contribution in [0.4, 0.5) is 0 Å². The highest BCUT2D eigenvalue weighted by Gasteiger charge is 2.10. The lowest BCUT2D eigenvalue weighted by Gasteiger charge is -2.08. The Hall–Kier alpha value is -1.51. The van der Waals surface area contributed by atoms with Gasteiger partial charge in [0.05, 0.1) is 12.2 Å². The maximum absolute atomic E-state index is 12.2. The van der Waals surface area contributed by atoms with Crippen molar-refractivity contribution in [2.24, 2.45) is 0 Å². The maximum atomic E-state index is 12.2. The number of hydrogen-bond donors (Lipinski definition) is 1. The van der Waals surface area contributed by atoms with Crippen LogP contribution in [0.2, 0.25) is 0 Å². The summed E-state index contributed by atoms with van der Waals surface area (Å²) in [5.41, 5.74) is 1.38. The summed E-state index contributed by atoms with van der Waals surface area (Å²) in [5, 5.41) is 9.92. The third-order valence-electron chi connectivity index (χ3n) is 6.35. The van der Waals surface area contributed by atoms with Gasteiger partial charge in [-0.2, -0.15) is 0 Å². The van der Waals surface area contributed by atoms with E-state index in [-0.39, 0.29) is 11.7 Å². The Balaban J connectivity index is 1.93. The van der Waals surface area contributed by atoms with E-state index < -0.39 is 0 Å². The maximum Gasteiger partial charge on any atom is 0.338 e. The van der Waals surface area contributed by atoms with Crippen LogP contribution in [0.1, 0.15) is 145 Å². The fraction of sp³-hybridized carbons (Fsp3) is 0.759. The first kappa shape index (κ1) is 28.5. The number of phenols is 1. The van der Waals surface area contributed by atoms with Crippen molar-refractivity contribution in [1.82, 2.24) is 0 Å². The van der Waals surface area contributed by atoms with Gasteiger partial charge in [0.15, 0.2) is 0 Å². The number of ether oxygens (including phenoxy) is 1. The topological polar surface area (TPSA) is 46.5 Å². The molecule has 1 N–H and O–H groups in total. The monoisotopic (exact) mass is 446 g/mol. The Kier molecular flexibility index (Phi) is 17.9. The smallest absolute Gasteiger partial charge is 0.338 e. The molecule has 1 aromatic rings. The van der Waals surface area contributed by atoms with E-state index in [4.69, 9.17) is 4.74 Å². The predicted octanol–water partition coefficient (Wildman–Crippen LogP) is 9.15. The lowest BCUT2D eigenvalue weighted by Crippen LogP contribution is -2.07. The minimum Gasteiger partial charge on any atom is -0.508 e. The second-order valence-corrected chi connectivity index (χ2v) is 9.39. The second kappa shape index (κ2) is 20.1. The van der Waals surface area contributed by atoms with Gasteiger partial charge in [-0.3, -0.25) is 0 Å². The first-order valence-electron chi connectivity index (χ1n) is 13.7. The van der Waals surface area contributed by atoms with Crippen LogP contribution in [0.5, 0.6) is 5.75 Å². The largest absolute Gasteiger partial charge is 0.508 e. The van der Waals surface area contributed by atoms with Crippen LogP contribution in [0.15, 0.2) is 18.2 Å². The van der Waals surface area contributed by atoms with Crippen LogP contribution in [0.3, 0.4) is 0 Å². The van der Waals surface area contributed by atoms with E-state index in [0.29, 0.717) is 12.2 Å². The predicted molar refractivity (Wildman–Crippen MR) is 137 cm³/mol. The molecule has 0 aliphatic rings. The number of hydrogen-bond acceptors (Lipinski definition) is 3. The Morgan fingerprint density at radius 2 is 1.16 bits per heavy atom. The van der Waals surface area contributed by atoms with Crippen LogP contribution < -0.4 is 0 Å². The summed E-state index contributed by atoms with van der Waals surface area (Å²) in [6.45, 7) is 4.89. The van der Waals surface area contributed by atoms with E-state index in [1.165, 1.54) is 89.9 Å². The molecule has 0 bridgehead atoms. The van der Waals surface area contributed by atoms with E-state index in [0.717, 1.165) is 37.7 Å². The van der Waals surface area contributed by atoms with E-state index in [2.05, 4.69) is 13.8 Å². The molecular weight excluding hydrogens is 396 g/mol. The summed E-state index contributed by atoms with van der Waals surface area (Å²) in [4.78, 5) is 12.2. The number of phenolic OH excluding ortho intramolecular Hbond substituents is 1. The van der Waals surface area contributed by atoms with Gasteiger partial charge in [-0.15, -0.1) is 0 Å². The quantitative estimate of drug-likeness (QED) is 0.151. The summed E-state index contributed by atoms with van der Waals surface area (Å²) in [6.07, 6.45) is 24.3. The van der Waals surface area contributed by atoms with Crippen LogP contribution in [0.25, 0.3) is 0 Å². The molecule has 0 saturated heterocycles. The number of unbranched alkanes of at least 4 members (excludes halogenated alkanes) is 16. The Bertz CT molecular complexity index is 582. The fourth-order valence-corrected chi connectivity index (χ4v) is 4.18. The number of aryl methyl sites for hydroxylation is 1. The highest BCUT2D eigenvalue weighted by molar-refractivity contribution is 5.89. The summed E-state index contributed by atoms with van der Waals surface area (Å²) in [5.74, 6) is -0.00323. The van der Waals surface area contributed by atoms with Gasteiger partial charge in [-0.25, -0.2) is 4.79 Å². The summed E-state index contributed by atoms with van der Waals surface area (Å²) in [6, 6.07) is 5.04. The van der Waals surface area contributed by atoms with Crippen molar-refractivity contribution in [2.75, 3.05) is 6.61 Å². The first-order valence-corrected chi connectivity index (χ1v) is 13.7. The zero-order valence-corrected chi connectivity index (χ0v) is 21.1. The standard InChI is InChI=1S/C29H50O3/c1-3-5-7-8-9-10-11-12-13-14-15-16-17-18-19-20-24-32-29(31)27-22-23-28(30)26(25-27)21-6-4-2/h22-23,25,30H,3-21,24H2,1-2H3. The van der Waals surface area contributed by atoms with Gasteiger partial charge in [0.25, 0.3) is 0 Å². The van der Waals surface area contributed by atoms with E-state index in [9.17, 15) is 9.90 Å². The Morgan fingerprint density at radius 3 is 1.66 bits per heavy atom. The number of carbonyl (C=O) groups excluding carboxylic acids is 1. The molecule has 0 atom stereocenters. The van der Waals surface area contributed by atoms with Gasteiger partial charge < -0.3 is 9.84 Å². The summed E-state index contributed by atoms with van der Waals surface area (Å²) in [7, 11) is 0. The molecular formula is C29H50O3. The molecule has 0 aliphatic heterocycles. The molecule has 32 heavy (non-hydrogen) atoms. The van der Waals surface area contributed by atoms with Gasteiger partial charge in [-0.05, 0) is 43.0 Å². The molecule has 0 saturated carbocycles. The van der Waals surface area contributed by atoms with Crippen molar-refractivity contribution in [2.45, 2.75) is 136 Å². The Labute approximate surface area is 198 Å². The third kappa shape index (κ3) is 14.5. The molecule has 1 rings (SSSR count). The lowest BCUT2D eigenvalue weighted by atomic mass is 10.0. The number of rotatable bonds is 21. The molecule has 0 radical (unpaired) electrons. The molecule has 0 aliphatic carbocycles. The summed E-state index contributed by atoms with van der Waals surface area (Å²) < 4.78 is 5.43. The molecule has 0 unspecified atom stereocenters. The minimum atomic E-state index is -0.274. The second-order valence-electron chi connectivity index (χ2n) is 9.39. The van der Waals surface area contributed by atoms with Crippen molar-refractivity contribution in [1.29, 1.82) is 0 Å².